The van der Waals surface area contributed by atoms with Crippen molar-refractivity contribution in [2.45, 2.75) is 90.9 Å². The van der Waals surface area contributed by atoms with Gasteiger partial charge in [0.05, 0.1) is 11.0 Å². The third-order valence-corrected chi connectivity index (χ3v) is 9.60. The molecule has 4 aromatic carbocycles. The Morgan fingerprint density at radius 1 is 0.609 bits per heavy atom. The molecule has 0 aliphatic rings. The van der Waals surface area contributed by atoms with E-state index in [-0.39, 0.29) is 33.9 Å². The number of nitrogens with zero attached hydrogens (tertiary/aromatic N) is 8. The monoisotopic (exact) mass is 602 g/mol. The Balaban J connectivity index is 1.95. The van der Waals surface area contributed by atoms with Gasteiger partial charge in [-0.3, -0.25) is 0 Å². The number of hydrogen-bond donors (Lipinski definition) is 0. The first-order chi connectivity index (χ1) is 22.0. The zero-order valence-electron chi connectivity index (χ0n) is 27.1. The fourth-order valence-corrected chi connectivity index (χ4v) is 6.79. The first-order valence-corrected chi connectivity index (χ1v) is 15.8. The van der Waals surface area contributed by atoms with Crippen LogP contribution in [0.3, 0.4) is 0 Å². The number of benzene rings is 4. The van der Waals surface area contributed by atoms with Gasteiger partial charge in [-0.1, -0.05) is 80.4 Å². The molecular weight excluding hydrogens is 568 g/mol. The summed E-state index contributed by atoms with van der Waals surface area (Å²) in [5.74, 6) is -0.0506. The summed E-state index contributed by atoms with van der Waals surface area (Å²) in [4.78, 5) is 26.4. The molecule has 0 N–H and O–H groups in total. The van der Waals surface area contributed by atoms with Crippen molar-refractivity contribution in [3.05, 3.63) is 69.6 Å². The second-order valence-electron chi connectivity index (χ2n) is 13.5. The van der Waals surface area contributed by atoms with E-state index in [9.17, 15) is 10.5 Å². The number of unbranched alkanes of at least 4 members (excludes halogenated alkanes) is 2. The Bertz CT molecular complexity index is 2080. The summed E-state index contributed by atoms with van der Waals surface area (Å²) >= 11 is 0. The number of aromatic nitrogens is 4. The van der Waals surface area contributed by atoms with E-state index in [1.807, 2.05) is 0 Å². The normalized spacial score (nSPS) is 12.1. The highest BCUT2D eigenvalue weighted by Crippen LogP contribution is 2.48. The summed E-state index contributed by atoms with van der Waals surface area (Å²) in [5, 5.41) is 25.1. The lowest BCUT2D eigenvalue weighted by atomic mass is 9.76. The van der Waals surface area contributed by atoms with Crippen LogP contribution in [0.1, 0.15) is 103 Å². The van der Waals surface area contributed by atoms with Gasteiger partial charge in [0.15, 0.2) is 11.4 Å². The molecule has 0 saturated heterocycles. The zero-order valence-corrected chi connectivity index (χ0v) is 27.1. The van der Waals surface area contributed by atoms with Gasteiger partial charge in [0.25, 0.3) is 11.6 Å². The van der Waals surface area contributed by atoms with Crippen LogP contribution in [0.2, 0.25) is 0 Å². The highest BCUT2D eigenvalue weighted by atomic mass is 15.0. The van der Waals surface area contributed by atoms with Gasteiger partial charge in [0.1, 0.15) is 12.1 Å². The van der Waals surface area contributed by atoms with Crippen LogP contribution in [0.5, 0.6) is 0 Å². The molecule has 0 bridgehead atoms. The lowest BCUT2D eigenvalue weighted by Crippen LogP contribution is -2.18. The Hall–Kier alpha value is -5.44. The van der Waals surface area contributed by atoms with Crippen LogP contribution in [0, 0.1) is 35.8 Å². The van der Waals surface area contributed by atoms with E-state index in [0.29, 0.717) is 22.1 Å². The standard InChI is InChI=1S/C38H34N8/c1-9-11-13-37(3,4)21-15-23-29-25(17-21)33-34(46-36(42-8)35(41-7)45-33)26-18-22(38(5,6)14-12-10-2)16-24(30(26)29)32-31(23)43-27(19-39)28(20-40)44-32/h15-18H,9-14H2,1-6H3. The van der Waals surface area contributed by atoms with Crippen LogP contribution in [0.15, 0.2) is 24.3 Å². The van der Waals surface area contributed by atoms with Crippen LogP contribution in [0.4, 0.5) is 11.6 Å². The minimum Gasteiger partial charge on any atom is -0.370 e. The molecule has 0 spiro atoms. The summed E-state index contributed by atoms with van der Waals surface area (Å²) in [6, 6.07) is 12.8. The zero-order chi connectivity index (χ0) is 33.0. The predicted octanol–water partition coefficient (Wildman–Crippen LogP) is 10.3. The summed E-state index contributed by atoms with van der Waals surface area (Å²) in [6.45, 7) is 28.8. The van der Waals surface area contributed by atoms with E-state index in [1.165, 1.54) is 0 Å². The number of nitriles is 2. The molecule has 6 aromatic rings. The summed E-state index contributed by atoms with van der Waals surface area (Å²) in [6.07, 6.45) is 6.14. The molecule has 0 aliphatic carbocycles. The topological polar surface area (TPSA) is 108 Å². The molecule has 46 heavy (non-hydrogen) atoms. The molecule has 2 aromatic heterocycles. The van der Waals surface area contributed by atoms with E-state index in [4.69, 9.17) is 33.1 Å². The van der Waals surface area contributed by atoms with Crippen molar-refractivity contribution in [2.75, 3.05) is 0 Å². The third-order valence-electron chi connectivity index (χ3n) is 9.60. The van der Waals surface area contributed by atoms with Gasteiger partial charge in [-0.15, -0.1) is 9.97 Å². The van der Waals surface area contributed by atoms with Crippen LogP contribution in [-0.4, -0.2) is 19.9 Å². The lowest BCUT2D eigenvalue weighted by Gasteiger charge is -2.28. The van der Waals surface area contributed by atoms with Crippen LogP contribution >= 0.6 is 0 Å². The van der Waals surface area contributed by atoms with Crippen LogP contribution in [0.25, 0.3) is 64.1 Å². The van der Waals surface area contributed by atoms with Crippen molar-refractivity contribution in [1.29, 1.82) is 10.5 Å². The molecule has 8 nitrogen and oxygen atoms in total. The SMILES string of the molecule is [C-]#[N+]c1nc2c3cc(C(C)(C)CCCC)cc4c5nc(C#N)c(C#N)nc5c5cc(C(C)(C)CCCC)cc(c2nc1[N+]#[C-])c5c43. The van der Waals surface area contributed by atoms with E-state index < -0.39 is 0 Å². The predicted molar refractivity (Wildman–Crippen MR) is 183 cm³/mol. The third kappa shape index (κ3) is 4.62. The van der Waals surface area contributed by atoms with Crippen molar-refractivity contribution >= 4 is 66.0 Å². The van der Waals surface area contributed by atoms with Gasteiger partial charge in [0.2, 0.25) is 11.0 Å². The molecule has 0 saturated carbocycles. The molecule has 8 heteroatoms. The van der Waals surface area contributed by atoms with Gasteiger partial charge in [-0.05, 0) is 59.1 Å². The highest BCUT2D eigenvalue weighted by molar-refractivity contribution is 6.38. The van der Waals surface area contributed by atoms with Gasteiger partial charge in [0, 0.05) is 32.3 Å². The van der Waals surface area contributed by atoms with E-state index >= 15 is 0 Å². The van der Waals surface area contributed by atoms with E-state index in [2.05, 4.69) is 87.6 Å². The van der Waals surface area contributed by atoms with Gasteiger partial charge in [-0.25, -0.2) is 9.97 Å². The Morgan fingerprint density at radius 3 is 1.22 bits per heavy atom. The minimum absolute atomic E-state index is 0.0123. The average Bonchev–Trinajstić information content (AvgIpc) is 3.07. The van der Waals surface area contributed by atoms with Crippen molar-refractivity contribution in [3.8, 4) is 12.1 Å². The molecule has 0 atom stereocenters. The largest absolute Gasteiger partial charge is 0.370 e. The fourth-order valence-electron chi connectivity index (χ4n) is 6.79. The van der Waals surface area contributed by atoms with E-state index in [1.54, 1.807) is 0 Å². The van der Waals surface area contributed by atoms with Gasteiger partial charge >= 0.3 is 0 Å². The van der Waals surface area contributed by atoms with Crippen molar-refractivity contribution in [3.63, 3.8) is 0 Å². The maximum absolute atomic E-state index is 9.98. The number of fused-ring (bicyclic) bond motifs is 6. The summed E-state index contributed by atoms with van der Waals surface area (Å²) in [5.41, 5.74) is 3.94. The minimum atomic E-state index is -0.208. The fraction of sp³-hybridized carbons (Fsp3) is 0.368. The number of hydrogen-bond acceptors (Lipinski definition) is 6. The summed E-state index contributed by atoms with van der Waals surface area (Å²) < 4.78 is 0. The molecule has 0 fully saturated rings. The van der Waals surface area contributed by atoms with E-state index in [0.717, 1.165) is 82.0 Å². The molecular formula is C38H34N8. The Labute approximate surface area is 268 Å². The Morgan fingerprint density at radius 2 is 0.935 bits per heavy atom. The maximum Gasteiger partial charge on any atom is 0.294 e. The Kier molecular flexibility index (Phi) is 7.43. The van der Waals surface area contributed by atoms with Crippen LogP contribution < -0.4 is 0 Å². The first-order valence-electron chi connectivity index (χ1n) is 15.8. The van der Waals surface area contributed by atoms with Crippen molar-refractivity contribution < 1.29 is 0 Å². The second-order valence-corrected chi connectivity index (χ2v) is 13.5. The van der Waals surface area contributed by atoms with Crippen molar-refractivity contribution in [1.82, 2.24) is 19.9 Å². The second kappa shape index (κ2) is 11.2. The molecule has 0 radical (unpaired) electrons. The molecule has 226 valence electrons. The maximum atomic E-state index is 9.98. The van der Waals surface area contributed by atoms with Gasteiger partial charge < -0.3 is 9.69 Å². The first kappa shape index (κ1) is 30.6. The van der Waals surface area contributed by atoms with Crippen molar-refractivity contribution in [2.24, 2.45) is 0 Å². The molecule has 0 unspecified atom stereocenters. The average molecular weight is 603 g/mol. The number of rotatable bonds is 8. The molecule has 6 rings (SSSR count). The molecule has 0 aliphatic heterocycles. The van der Waals surface area contributed by atoms with Gasteiger partial charge in [-0.2, -0.15) is 10.5 Å². The lowest BCUT2D eigenvalue weighted by molar-refractivity contribution is 0.458. The summed E-state index contributed by atoms with van der Waals surface area (Å²) in [7, 11) is 0. The quantitative estimate of drug-likeness (QED) is 0.0974. The van der Waals surface area contributed by atoms with Crippen LogP contribution in [-0.2, 0) is 10.8 Å². The highest BCUT2D eigenvalue weighted by Gasteiger charge is 2.31. The molecule has 0 amide bonds. The smallest absolute Gasteiger partial charge is 0.294 e. The molecule has 2 heterocycles.